The smallest absolute Gasteiger partial charge is 0.273 e. The second-order valence-corrected chi connectivity index (χ2v) is 6.07. The number of hydrogen-bond donors (Lipinski definition) is 2. The number of nitrogens with zero attached hydrogens (tertiary/aromatic N) is 1. The Hall–Kier alpha value is -2.66. The lowest BCUT2D eigenvalue weighted by molar-refractivity contribution is 0.102. The van der Waals surface area contributed by atoms with Crippen molar-refractivity contribution in [1.82, 2.24) is 10.2 Å². The lowest BCUT2D eigenvalue weighted by Crippen LogP contribution is -2.15. The summed E-state index contributed by atoms with van der Waals surface area (Å²) in [5.74, 6) is -0.837. The molecule has 0 fully saturated rings. The van der Waals surface area contributed by atoms with E-state index in [2.05, 4.69) is 21.6 Å². The van der Waals surface area contributed by atoms with E-state index >= 15 is 0 Å². The van der Waals surface area contributed by atoms with Gasteiger partial charge in [-0.3, -0.25) is 9.89 Å². The molecule has 1 heterocycles. The van der Waals surface area contributed by atoms with Crippen LogP contribution in [0.3, 0.4) is 0 Å². The Balaban J connectivity index is 1.65. The van der Waals surface area contributed by atoms with Crippen molar-refractivity contribution in [2.75, 3.05) is 5.32 Å². The molecule has 3 aromatic rings. The van der Waals surface area contributed by atoms with Crippen molar-refractivity contribution in [3.8, 4) is 11.3 Å². The molecule has 24 heavy (non-hydrogen) atoms. The minimum Gasteiger partial charge on any atom is -0.321 e. The van der Waals surface area contributed by atoms with Gasteiger partial charge in [-0.15, -0.1) is 0 Å². The zero-order chi connectivity index (χ0) is 16.7. The molecule has 0 saturated carbocycles. The summed E-state index contributed by atoms with van der Waals surface area (Å²) < 4.78 is 13.2. The monoisotopic (exact) mass is 341 g/mol. The van der Waals surface area contributed by atoms with Crippen molar-refractivity contribution in [2.45, 2.75) is 12.8 Å². The van der Waals surface area contributed by atoms with E-state index in [9.17, 15) is 9.18 Å². The van der Waals surface area contributed by atoms with Gasteiger partial charge in [0.05, 0.1) is 10.7 Å². The predicted octanol–water partition coefficient (Wildman–Crippen LogP) is 4.22. The molecule has 2 aromatic carbocycles. The van der Waals surface area contributed by atoms with E-state index in [1.165, 1.54) is 23.8 Å². The summed E-state index contributed by atoms with van der Waals surface area (Å²) in [4.78, 5) is 12.5. The molecule has 6 heteroatoms. The first-order valence-corrected chi connectivity index (χ1v) is 7.93. The first-order chi connectivity index (χ1) is 11.6. The molecule has 0 saturated heterocycles. The van der Waals surface area contributed by atoms with E-state index in [0.717, 1.165) is 29.7 Å². The Morgan fingerprint density at radius 3 is 2.88 bits per heavy atom. The third kappa shape index (κ3) is 2.47. The topological polar surface area (TPSA) is 57.8 Å². The summed E-state index contributed by atoms with van der Waals surface area (Å²) in [5, 5.41) is 9.85. The number of benzene rings is 2. The maximum absolute atomic E-state index is 13.2. The fraction of sp³-hybridized carbons (Fsp3) is 0.111. The summed E-state index contributed by atoms with van der Waals surface area (Å²) in [7, 11) is 0. The molecule has 1 aliphatic rings. The van der Waals surface area contributed by atoms with Gasteiger partial charge >= 0.3 is 0 Å². The summed E-state index contributed by atoms with van der Waals surface area (Å²) in [6.45, 7) is 0. The van der Waals surface area contributed by atoms with Crippen molar-refractivity contribution in [2.24, 2.45) is 0 Å². The molecule has 1 aromatic heterocycles. The van der Waals surface area contributed by atoms with Gasteiger partial charge in [0.2, 0.25) is 0 Å². The van der Waals surface area contributed by atoms with Crippen LogP contribution in [0.15, 0.2) is 42.5 Å². The third-order valence-corrected chi connectivity index (χ3v) is 4.48. The summed E-state index contributed by atoms with van der Waals surface area (Å²) >= 11 is 5.75. The van der Waals surface area contributed by atoms with Crippen LogP contribution in [0, 0.1) is 5.82 Å². The molecule has 4 rings (SSSR count). The zero-order valence-electron chi connectivity index (χ0n) is 12.6. The molecule has 1 aliphatic carbocycles. The maximum Gasteiger partial charge on any atom is 0.273 e. The number of aryl methyl sites for hydroxylation is 1. The summed E-state index contributed by atoms with van der Waals surface area (Å²) in [6.07, 6.45) is 1.61. The van der Waals surface area contributed by atoms with Crippen LogP contribution in [0.2, 0.25) is 5.02 Å². The lowest BCUT2D eigenvalue weighted by atomic mass is 9.89. The average molecular weight is 342 g/mol. The largest absolute Gasteiger partial charge is 0.321 e. The van der Waals surface area contributed by atoms with Crippen molar-refractivity contribution in [3.05, 3.63) is 70.1 Å². The van der Waals surface area contributed by atoms with Crippen LogP contribution in [0.5, 0.6) is 0 Å². The van der Waals surface area contributed by atoms with Crippen molar-refractivity contribution >= 4 is 23.2 Å². The van der Waals surface area contributed by atoms with Crippen LogP contribution in [0.4, 0.5) is 10.1 Å². The number of H-pyrrole nitrogens is 1. The Labute approximate surface area is 142 Å². The lowest BCUT2D eigenvalue weighted by Gasteiger charge is -2.15. The normalized spacial score (nSPS) is 12.4. The molecule has 0 radical (unpaired) electrons. The number of anilines is 1. The van der Waals surface area contributed by atoms with E-state index in [4.69, 9.17) is 11.6 Å². The van der Waals surface area contributed by atoms with Gasteiger partial charge in [0.25, 0.3) is 5.91 Å². The summed E-state index contributed by atoms with van der Waals surface area (Å²) in [6, 6.07) is 12.1. The van der Waals surface area contributed by atoms with E-state index < -0.39 is 5.82 Å². The number of aromatic nitrogens is 2. The fourth-order valence-electron chi connectivity index (χ4n) is 3.02. The SMILES string of the molecule is O=C(Nc1ccc(F)c(Cl)c1)c1[nH]nc2c1CCc1ccccc1-2. The maximum atomic E-state index is 13.2. The van der Waals surface area contributed by atoms with E-state index in [1.807, 2.05) is 18.2 Å². The molecular weight excluding hydrogens is 329 g/mol. The van der Waals surface area contributed by atoms with Crippen LogP contribution in [-0.2, 0) is 12.8 Å². The molecule has 0 spiro atoms. The van der Waals surface area contributed by atoms with Crippen molar-refractivity contribution in [3.63, 3.8) is 0 Å². The number of nitrogens with one attached hydrogen (secondary N) is 2. The van der Waals surface area contributed by atoms with Gasteiger partial charge in [-0.2, -0.15) is 5.10 Å². The first kappa shape index (κ1) is 14.9. The Bertz CT molecular complexity index is 951. The highest BCUT2D eigenvalue weighted by Gasteiger charge is 2.25. The molecule has 0 atom stereocenters. The highest BCUT2D eigenvalue weighted by atomic mass is 35.5. The van der Waals surface area contributed by atoms with E-state index in [1.54, 1.807) is 0 Å². The predicted molar refractivity (Wildman–Crippen MR) is 90.8 cm³/mol. The number of hydrogen-bond acceptors (Lipinski definition) is 2. The molecule has 120 valence electrons. The minimum absolute atomic E-state index is 0.0339. The van der Waals surface area contributed by atoms with Gasteiger partial charge in [-0.05, 0) is 36.6 Å². The molecule has 2 N–H and O–H groups in total. The number of rotatable bonds is 2. The van der Waals surface area contributed by atoms with Gasteiger partial charge in [0, 0.05) is 16.8 Å². The standard InChI is InChI=1S/C18H13ClFN3O/c19-14-9-11(6-8-15(14)20)21-18(24)17-13-7-5-10-3-1-2-4-12(10)16(13)22-23-17/h1-4,6,8-9H,5,7H2,(H,21,24)(H,22,23). The number of aromatic amines is 1. The van der Waals surface area contributed by atoms with Gasteiger partial charge in [-0.1, -0.05) is 35.9 Å². The second-order valence-electron chi connectivity index (χ2n) is 5.67. The van der Waals surface area contributed by atoms with Crippen LogP contribution in [-0.4, -0.2) is 16.1 Å². The number of carbonyl (C=O) groups excluding carboxylic acids is 1. The van der Waals surface area contributed by atoms with E-state index in [-0.39, 0.29) is 10.9 Å². The Morgan fingerprint density at radius 1 is 1.21 bits per heavy atom. The van der Waals surface area contributed by atoms with Crippen LogP contribution in [0.1, 0.15) is 21.6 Å². The average Bonchev–Trinajstić information content (AvgIpc) is 3.03. The number of carbonyl (C=O) groups is 1. The second kappa shape index (κ2) is 5.76. The zero-order valence-corrected chi connectivity index (χ0v) is 13.3. The van der Waals surface area contributed by atoms with Crippen LogP contribution >= 0.6 is 11.6 Å². The van der Waals surface area contributed by atoms with Gasteiger partial charge in [-0.25, -0.2) is 4.39 Å². The van der Waals surface area contributed by atoms with Crippen LogP contribution in [0.25, 0.3) is 11.3 Å². The van der Waals surface area contributed by atoms with Gasteiger partial charge < -0.3 is 5.32 Å². The summed E-state index contributed by atoms with van der Waals surface area (Å²) in [5.41, 5.74) is 4.87. The molecular formula is C18H13ClFN3O. The molecule has 4 nitrogen and oxygen atoms in total. The number of halogens is 2. The van der Waals surface area contributed by atoms with Gasteiger partial charge in [0.15, 0.2) is 0 Å². The van der Waals surface area contributed by atoms with Gasteiger partial charge in [0.1, 0.15) is 11.5 Å². The highest BCUT2D eigenvalue weighted by Crippen LogP contribution is 2.33. The quantitative estimate of drug-likeness (QED) is 0.733. The number of amides is 1. The highest BCUT2D eigenvalue weighted by molar-refractivity contribution is 6.31. The molecule has 1 amide bonds. The number of fused-ring (bicyclic) bond motifs is 3. The molecule has 0 unspecified atom stereocenters. The van der Waals surface area contributed by atoms with Crippen molar-refractivity contribution in [1.29, 1.82) is 0 Å². The van der Waals surface area contributed by atoms with Crippen LogP contribution < -0.4 is 5.32 Å². The van der Waals surface area contributed by atoms with E-state index in [0.29, 0.717) is 11.4 Å². The third-order valence-electron chi connectivity index (χ3n) is 4.19. The minimum atomic E-state index is -0.523. The fourth-order valence-corrected chi connectivity index (χ4v) is 3.20. The van der Waals surface area contributed by atoms with Crippen molar-refractivity contribution < 1.29 is 9.18 Å². The molecule has 0 aliphatic heterocycles. The molecule has 0 bridgehead atoms. The first-order valence-electron chi connectivity index (χ1n) is 7.55. The Morgan fingerprint density at radius 2 is 2.04 bits per heavy atom. The Kier molecular flexibility index (Phi) is 3.58.